The van der Waals surface area contributed by atoms with Gasteiger partial charge in [0.05, 0.1) is 22.4 Å². The molecule has 0 radical (unpaired) electrons. The highest BCUT2D eigenvalue weighted by molar-refractivity contribution is 7.22. The van der Waals surface area contributed by atoms with E-state index in [1.165, 1.54) is 16.2 Å². The summed E-state index contributed by atoms with van der Waals surface area (Å²) in [4.78, 5) is 29.4. The lowest BCUT2D eigenvalue weighted by Gasteiger charge is -2.00. The maximum absolute atomic E-state index is 12.0. The number of thiophene rings is 1. The van der Waals surface area contributed by atoms with E-state index >= 15 is 0 Å². The molecular formula is C17H16N2O3S2. The van der Waals surface area contributed by atoms with Gasteiger partial charge in [0.1, 0.15) is 0 Å². The van der Waals surface area contributed by atoms with Gasteiger partial charge in [-0.1, -0.05) is 17.4 Å². The zero-order chi connectivity index (χ0) is 16.9. The Morgan fingerprint density at radius 1 is 1.29 bits per heavy atom. The summed E-state index contributed by atoms with van der Waals surface area (Å²) in [5, 5.41) is 5.37. The van der Waals surface area contributed by atoms with Crippen LogP contribution in [0.5, 0.6) is 0 Å². The summed E-state index contributed by atoms with van der Waals surface area (Å²) in [6, 6.07) is 9.19. The average Bonchev–Trinajstić information content (AvgIpc) is 3.21. The number of anilines is 1. The van der Waals surface area contributed by atoms with E-state index in [1.807, 2.05) is 17.5 Å². The molecule has 7 heteroatoms. The number of hydrogen-bond acceptors (Lipinski definition) is 6. The summed E-state index contributed by atoms with van der Waals surface area (Å²) in [6.07, 6.45) is 1.14. The van der Waals surface area contributed by atoms with Crippen LogP contribution in [-0.4, -0.2) is 23.5 Å². The quantitative estimate of drug-likeness (QED) is 0.672. The molecule has 1 aromatic carbocycles. The maximum atomic E-state index is 12.0. The highest BCUT2D eigenvalue weighted by Gasteiger charge is 2.12. The van der Waals surface area contributed by atoms with Gasteiger partial charge in [-0.05, 0) is 43.0 Å². The van der Waals surface area contributed by atoms with E-state index in [4.69, 9.17) is 4.74 Å². The summed E-state index contributed by atoms with van der Waals surface area (Å²) in [6.45, 7) is 2.11. The lowest BCUT2D eigenvalue weighted by molar-refractivity contribution is -0.116. The first-order chi connectivity index (χ1) is 11.7. The number of hydrogen-bond donors (Lipinski definition) is 1. The predicted molar refractivity (Wildman–Crippen MR) is 96.8 cm³/mol. The van der Waals surface area contributed by atoms with Crippen molar-refractivity contribution in [2.45, 2.75) is 19.8 Å². The van der Waals surface area contributed by atoms with Crippen LogP contribution in [0.2, 0.25) is 0 Å². The molecule has 3 rings (SSSR count). The van der Waals surface area contributed by atoms with Crippen LogP contribution < -0.4 is 5.32 Å². The molecular weight excluding hydrogens is 344 g/mol. The molecule has 0 fully saturated rings. The van der Waals surface area contributed by atoms with Gasteiger partial charge in [0.25, 0.3) is 0 Å². The molecule has 2 heterocycles. The van der Waals surface area contributed by atoms with E-state index in [1.54, 1.807) is 36.5 Å². The number of ether oxygens (including phenoxy) is 1. The predicted octanol–water partition coefficient (Wildman–Crippen LogP) is 4.11. The zero-order valence-corrected chi connectivity index (χ0v) is 14.7. The van der Waals surface area contributed by atoms with E-state index in [2.05, 4.69) is 10.3 Å². The van der Waals surface area contributed by atoms with Crippen LogP contribution in [-0.2, 0) is 16.0 Å². The number of thiazole rings is 1. The maximum Gasteiger partial charge on any atom is 0.338 e. The van der Waals surface area contributed by atoms with Gasteiger partial charge in [-0.3, -0.25) is 4.79 Å². The van der Waals surface area contributed by atoms with Crippen LogP contribution in [0, 0.1) is 0 Å². The van der Waals surface area contributed by atoms with Crippen LogP contribution in [0.15, 0.2) is 35.7 Å². The van der Waals surface area contributed by atoms with Crippen LogP contribution in [0.4, 0.5) is 5.13 Å². The Kier molecular flexibility index (Phi) is 5.22. The molecule has 24 heavy (non-hydrogen) atoms. The first kappa shape index (κ1) is 16.6. The molecule has 0 atom stereocenters. The molecule has 0 aliphatic heterocycles. The Bertz CT molecular complexity index is 856. The van der Waals surface area contributed by atoms with Crippen LogP contribution in [0.25, 0.3) is 10.2 Å². The first-order valence-electron chi connectivity index (χ1n) is 7.55. The fourth-order valence-electron chi connectivity index (χ4n) is 2.19. The number of nitrogens with one attached hydrogen (secondary N) is 1. The molecule has 1 amide bonds. The second kappa shape index (κ2) is 7.55. The lowest BCUT2D eigenvalue weighted by Crippen LogP contribution is -2.11. The lowest BCUT2D eigenvalue weighted by atomic mass is 10.2. The van der Waals surface area contributed by atoms with Crippen molar-refractivity contribution >= 4 is 49.9 Å². The van der Waals surface area contributed by atoms with Gasteiger partial charge in [0, 0.05) is 11.3 Å². The minimum atomic E-state index is -0.352. The first-order valence-corrected chi connectivity index (χ1v) is 9.25. The molecule has 1 N–H and O–H groups in total. The van der Waals surface area contributed by atoms with Crippen molar-refractivity contribution in [3.8, 4) is 0 Å². The molecule has 124 valence electrons. The van der Waals surface area contributed by atoms with Gasteiger partial charge >= 0.3 is 5.97 Å². The van der Waals surface area contributed by atoms with E-state index in [-0.39, 0.29) is 11.9 Å². The number of esters is 1. The number of aryl methyl sites for hydroxylation is 1. The molecule has 3 aromatic rings. The Balaban J connectivity index is 1.66. The third kappa shape index (κ3) is 3.98. The van der Waals surface area contributed by atoms with E-state index in [0.717, 1.165) is 16.6 Å². The van der Waals surface area contributed by atoms with Crippen LogP contribution >= 0.6 is 22.7 Å². The molecule has 0 aliphatic carbocycles. The summed E-state index contributed by atoms with van der Waals surface area (Å²) in [7, 11) is 0. The molecule has 0 aliphatic rings. The third-order valence-electron chi connectivity index (χ3n) is 3.32. The van der Waals surface area contributed by atoms with Gasteiger partial charge in [0.15, 0.2) is 5.13 Å². The minimum Gasteiger partial charge on any atom is -0.462 e. The second-order valence-corrected chi connectivity index (χ2v) is 7.11. The summed E-state index contributed by atoms with van der Waals surface area (Å²) >= 11 is 3.00. The Labute approximate surface area is 147 Å². The van der Waals surface area contributed by atoms with Crippen LogP contribution in [0.3, 0.4) is 0 Å². The van der Waals surface area contributed by atoms with Gasteiger partial charge in [-0.15, -0.1) is 11.3 Å². The van der Waals surface area contributed by atoms with Crippen molar-refractivity contribution < 1.29 is 14.3 Å². The van der Waals surface area contributed by atoms with E-state index in [0.29, 0.717) is 23.7 Å². The number of benzene rings is 1. The molecule has 0 saturated heterocycles. The van der Waals surface area contributed by atoms with Crippen LogP contribution in [0.1, 0.15) is 28.6 Å². The zero-order valence-electron chi connectivity index (χ0n) is 13.1. The molecule has 0 unspecified atom stereocenters. The SMILES string of the molecule is CCOC(=O)c1ccc2nc(NC(=O)CCc3cccs3)sc2c1. The standard InChI is InChI=1S/C17H16N2O3S2/c1-2-22-16(21)11-5-7-13-14(10-11)24-17(18-13)19-15(20)8-6-12-4-3-9-23-12/h3-5,7,9-10H,2,6,8H2,1H3,(H,18,19,20). The summed E-state index contributed by atoms with van der Waals surface area (Å²) in [5.74, 6) is -0.414. The number of aromatic nitrogens is 1. The fraction of sp³-hybridized carbons (Fsp3) is 0.235. The average molecular weight is 360 g/mol. The number of rotatable bonds is 6. The largest absolute Gasteiger partial charge is 0.462 e. The van der Waals surface area contributed by atoms with Crippen molar-refractivity contribution in [3.05, 3.63) is 46.2 Å². The van der Waals surface area contributed by atoms with Gasteiger partial charge in [0.2, 0.25) is 5.91 Å². The summed E-state index contributed by atoms with van der Waals surface area (Å²) in [5.41, 5.74) is 1.24. The van der Waals surface area contributed by atoms with Crippen molar-refractivity contribution in [2.75, 3.05) is 11.9 Å². The monoisotopic (exact) mass is 360 g/mol. The van der Waals surface area contributed by atoms with Gasteiger partial charge < -0.3 is 10.1 Å². The Morgan fingerprint density at radius 3 is 2.92 bits per heavy atom. The molecule has 0 spiro atoms. The highest BCUT2D eigenvalue weighted by Crippen LogP contribution is 2.27. The van der Waals surface area contributed by atoms with Crippen molar-refractivity contribution in [1.29, 1.82) is 0 Å². The third-order valence-corrected chi connectivity index (χ3v) is 5.19. The minimum absolute atomic E-state index is 0.0620. The van der Waals surface area contributed by atoms with Crippen molar-refractivity contribution in [2.24, 2.45) is 0 Å². The number of amides is 1. The van der Waals surface area contributed by atoms with Crippen molar-refractivity contribution in [1.82, 2.24) is 4.98 Å². The van der Waals surface area contributed by atoms with Crippen molar-refractivity contribution in [3.63, 3.8) is 0 Å². The fourth-order valence-corrected chi connectivity index (χ4v) is 3.82. The number of carbonyl (C=O) groups is 2. The second-order valence-electron chi connectivity index (χ2n) is 5.05. The number of nitrogens with zero attached hydrogens (tertiary/aromatic N) is 1. The number of fused-ring (bicyclic) bond motifs is 1. The molecule has 2 aromatic heterocycles. The molecule has 5 nitrogen and oxygen atoms in total. The molecule has 0 bridgehead atoms. The smallest absolute Gasteiger partial charge is 0.338 e. The van der Waals surface area contributed by atoms with E-state index < -0.39 is 0 Å². The normalized spacial score (nSPS) is 10.7. The summed E-state index contributed by atoms with van der Waals surface area (Å²) < 4.78 is 5.83. The number of carbonyl (C=O) groups excluding carboxylic acids is 2. The van der Waals surface area contributed by atoms with E-state index in [9.17, 15) is 9.59 Å². The van der Waals surface area contributed by atoms with Gasteiger partial charge in [-0.2, -0.15) is 0 Å². The molecule has 0 saturated carbocycles. The topological polar surface area (TPSA) is 68.3 Å². The van der Waals surface area contributed by atoms with Gasteiger partial charge in [-0.25, -0.2) is 9.78 Å². The Morgan fingerprint density at radius 2 is 2.17 bits per heavy atom. The Hall–Kier alpha value is -2.25. The highest BCUT2D eigenvalue weighted by atomic mass is 32.1.